The Labute approximate surface area is 96.9 Å². The first-order valence-electron chi connectivity index (χ1n) is 5.24. The normalized spacial score (nSPS) is 11.9. The molecule has 0 saturated heterocycles. The van der Waals surface area contributed by atoms with E-state index in [2.05, 4.69) is 0 Å². The van der Waals surface area contributed by atoms with Gasteiger partial charge in [-0.3, -0.25) is 4.79 Å². The molecule has 6 nitrogen and oxygen atoms in total. The quantitative estimate of drug-likeness (QED) is 0.522. The second-order valence-corrected chi connectivity index (χ2v) is 6.12. The van der Waals surface area contributed by atoms with Crippen molar-refractivity contribution in [1.29, 1.82) is 0 Å². The predicted molar refractivity (Wildman–Crippen MR) is 63.6 cm³/mol. The Balaban J connectivity index is 3.85. The van der Waals surface area contributed by atoms with Gasteiger partial charge in [-0.15, -0.1) is 0 Å². The zero-order valence-electron chi connectivity index (χ0n) is 9.68. The molecule has 0 aromatic heterocycles. The molecule has 0 unspecified atom stereocenters. The highest BCUT2D eigenvalue weighted by Gasteiger charge is 2.13. The van der Waals surface area contributed by atoms with E-state index in [1.165, 1.54) is 0 Å². The van der Waals surface area contributed by atoms with Crippen molar-refractivity contribution in [2.24, 2.45) is 11.5 Å². The van der Waals surface area contributed by atoms with Crippen LogP contribution in [0, 0.1) is 0 Å². The van der Waals surface area contributed by atoms with Gasteiger partial charge in [-0.05, 0) is 26.6 Å². The van der Waals surface area contributed by atoms with Crippen LogP contribution < -0.4 is 11.5 Å². The first-order valence-corrected chi connectivity index (χ1v) is 7.07. The minimum atomic E-state index is -3.17. The largest absolute Gasteiger partial charge is 0.370 e. The Hall–Kier alpha value is -0.660. The fourth-order valence-corrected chi connectivity index (χ4v) is 2.43. The van der Waals surface area contributed by atoms with E-state index < -0.39 is 15.7 Å². The number of amides is 1. The monoisotopic (exact) mass is 251 g/mol. The molecule has 0 aliphatic rings. The molecule has 0 aromatic rings. The minimum absolute atomic E-state index is 0.0569. The first kappa shape index (κ1) is 15.3. The van der Waals surface area contributed by atoms with E-state index in [0.29, 0.717) is 13.1 Å². The number of rotatable bonds is 9. The molecule has 0 rings (SSSR count). The Morgan fingerprint density at radius 1 is 1.25 bits per heavy atom. The van der Waals surface area contributed by atoms with Gasteiger partial charge in [0.25, 0.3) is 0 Å². The number of sulfone groups is 1. The second-order valence-electron chi connectivity index (χ2n) is 3.81. The van der Waals surface area contributed by atoms with E-state index in [-0.39, 0.29) is 17.9 Å². The molecule has 0 aliphatic carbocycles. The van der Waals surface area contributed by atoms with Crippen molar-refractivity contribution in [2.75, 3.05) is 38.2 Å². The molecule has 0 radical (unpaired) electrons. The molecule has 0 fully saturated rings. The van der Waals surface area contributed by atoms with Crippen molar-refractivity contribution in [3.63, 3.8) is 0 Å². The maximum Gasteiger partial charge on any atom is 0.218 e. The molecule has 0 saturated carbocycles. The molecule has 1 amide bonds. The van der Waals surface area contributed by atoms with Crippen molar-refractivity contribution in [3.8, 4) is 0 Å². The molecule has 96 valence electrons. The highest BCUT2D eigenvalue weighted by atomic mass is 32.2. The van der Waals surface area contributed by atoms with Crippen LogP contribution in [0.5, 0.6) is 0 Å². The zero-order chi connectivity index (χ0) is 12.6. The summed E-state index contributed by atoms with van der Waals surface area (Å²) in [6.07, 6.45) is 0.743. The van der Waals surface area contributed by atoms with E-state index in [0.717, 1.165) is 13.0 Å². The summed E-state index contributed by atoms with van der Waals surface area (Å²) in [6.45, 7) is 1.84. The summed E-state index contributed by atoms with van der Waals surface area (Å²) in [5.74, 6) is -0.686. The Bertz CT molecular complexity index is 303. The Kier molecular flexibility index (Phi) is 7.27. The average Bonchev–Trinajstić information content (AvgIpc) is 2.21. The van der Waals surface area contributed by atoms with Gasteiger partial charge in [0, 0.05) is 13.0 Å². The first-order chi connectivity index (χ1) is 7.37. The van der Waals surface area contributed by atoms with Gasteiger partial charge in [-0.2, -0.15) is 0 Å². The van der Waals surface area contributed by atoms with E-state index >= 15 is 0 Å². The summed E-state index contributed by atoms with van der Waals surface area (Å²) in [5, 5.41) is 0. The van der Waals surface area contributed by atoms with Crippen molar-refractivity contribution >= 4 is 15.7 Å². The number of hydrogen-bond donors (Lipinski definition) is 2. The topological polar surface area (TPSA) is 106 Å². The lowest BCUT2D eigenvalue weighted by atomic mass is 10.4. The molecule has 0 spiro atoms. The summed E-state index contributed by atoms with van der Waals surface area (Å²) >= 11 is 0. The number of primary amides is 1. The van der Waals surface area contributed by atoms with Gasteiger partial charge in [-0.1, -0.05) is 0 Å². The summed E-state index contributed by atoms with van der Waals surface area (Å²) in [4.78, 5) is 12.4. The van der Waals surface area contributed by atoms with Gasteiger partial charge >= 0.3 is 0 Å². The zero-order valence-corrected chi connectivity index (χ0v) is 10.5. The van der Waals surface area contributed by atoms with Crippen LogP contribution in [0.3, 0.4) is 0 Å². The maximum atomic E-state index is 11.5. The number of carbonyl (C=O) groups is 1. The molecule has 7 heteroatoms. The Morgan fingerprint density at radius 3 is 2.38 bits per heavy atom. The molecule has 0 aromatic carbocycles. The fraction of sp³-hybridized carbons (Fsp3) is 0.889. The molecule has 0 bridgehead atoms. The van der Waals surface area contributed by atoms with Gasteiger partial charge in [0.1, 0.15) is 0 Å². The van der Waals surface area contributed by atoms with Gasteiger partial charge in [-0.25, -0.2) is 8.42 Å². The fourth-order valence-electron chi connectivity index (χ4n) is 1.13. The number of nitrogens with zero attached hydrogens (tertiary/aromatic N) is 1. The van der Waals surface area contributed by atoms with Crippen molar-refractivity contribution in [1.82, 2.24) is 4.90 Å². The number of nitrogens with two attached hydrogens (primary N) is 2. The third kappa shape index (κ3) is 8.63. The highest BCUT2D eigenvalue weighted by molar-refractivity contribution is 7.91. The average molecular weight is 251 g/mol. The molecular formula is C9H21N3O3S. The van der Waals surface area contributed by atoms with Gasteiger partial charge in [0.15, 0.2) is 9.84 Å². The number of hydrogen-bond acceptors (Lipinski definition) is 5. The summed E-state index contributed by atoms with van der Waals surface area (Å²) in [5.41, 5.74) is 10.2. The smallest absolute Gasteiger partial charge is 0.218 e. The SMILES string of the molecule is CN(CCCN)CCS(=O)(=O)CCC(N)=O. The van der Waals surface area contributed by atoms with E-state index in [1.54, 1.807) is 0 Å². The van der Waals surface area contributed by atoms with Gasteiger partial charge in [0.2, 0.25) is 5.91 Å². The van der Waals surface area contributed by atoms with Crippen LogP contribution in [-0.4, -0.2) is 57.4 Å². The summed E-state index contributed by atoms with van der Waals surface area (Å²) in [6, 6.07) is 0. The Morgan fingerprint density at radius 2 is 1.88 bits per heavy atom. The molecular weight excluding hydrogens is 230 g/mol. The summed E-state index contributed by atoms with van der Waals surface area (Å²) in [7, 11) is -1.32. The molecule has 4 N–H and O–H groups in total. The lowest BCUT2D eigenvalue weighted by molar-refractivity contribution is -0.117. The highest BCUT2D eigenvalue weighted by Crippen LogP contribution is 1.96. The van der Waals surface area contributed by atoms with E-state index in [4.69, 9.17) is 11.5 Å². The van der Waals surface area contributed by atoms with Gasteiger partial charge < -0.3 is 16.4 Å². The van der Waals surface area contributed by atoms with Crippen LogP contribution in [0.1, 0.15) is 12.8 Å². The van der Waals surface area contributed by atoms with E-state index in [1.807, 2.05) is 11.9 Å². The van der Waals surface area contributed by atoms with Crippen LogP contribution in [0.2, 0.25) is 0 Å². The molecule has 0 heterocycles. The minimum Gasteiger partial charge on any atom is -0.370 e. The van der Waals surface area contributed by atoms with Crippen LogP contribution in [0.15, 0.2) is 0 Å². The lowest BCUT2D eigenvalue weighted by Crippen LogP contribution is -2.29. The van der Waals surface area contributed by atoms with Crippen LogP contribution in [0.25, 0.3) is 0 Å². The molecule has 0 atom stereocenters. The third-order valence-electron chi connectivity index (χ3n) is 2.19. The van der Waals surface area contributed by atoms with E-state index in [9.17, 15) is 13.2 Å². The predicted octanol–water partition coefficient (Wildman–Crippen LogP) is -1.44. The molecule has 0 aliphatic heterocycles. The van der Waals surface area contributed by atoms with Crippen LogP contribution in [0.4, 0.5) is 0 Å². The lowest BCUT2D eigenvalue weighted by Gasteiger charge is -2.15. The third-order valence-corrected chi connectivity index (χ3v) is 3.82. The standard InChI is InChI=1S/C9H21N3O3S/c1-12(5-2-4-10)6-8-16(14,15)7-3-9(11)13/h2-8,10H2,1H3,(H2,11,13). The van der Waals surface area contributed by atoms with Gasteiger partial charge in [0.05, 0.1) is 11.5 Å². The second kappa shape index (κ2) is 7.59. The molecule has 16 heavy (non-hydrogen) atoms. The van der Waals surface area contributed by atoms with Crippen LogP contribution >= 0.6 is 0 Å². The van der Waals surface area contributed by atoms with Crippen molar-refractivity contribution in [3.05, 3.63) is 0 Å². The maximum absolute atomic E-state index is 11.5. The van der Waals surface area contributed by atoms with Crippen molar-refractivity contribution < 1.29 is 13.2 Å². The van der Waals surface area contributed by atoms with Crippen LogP contribution in [-0.2, 0) is 14.6 Å². The summed E-state index contributed by atoms with van der Waals surface area (Å²) < 4.78 is 22.9. The van der Waals surface area contributed by atoms with Crippen molar-refractivity contribution in [2.45, 2.75) is 12.8 Å². The number of carbonyl (C=O) groups excluding carboxylic acids is 1.